The van der Waals surface area contributed by atoms with Crippen molar-refractivity contribution in [3.63, 3.8) is 0 Å². The molecule has 1 heterocycles. The van der Waals surface area contributed by atoms with Gasteiger partial charge in [0.1, 0.15) is 0 Å². The van der Waals surface area contributed by atoms with E-state index in [1.165, 1.54) is 4.90 Å². The molecule has 1 fully saturated rings. The van der Waals surface area contributed by atoms with Gasteiger partial charge in [-0.25, -0.2) is 0 Å². The molecule has 2 rings (SSSR count). The monoisotopic (exact) mass is 304 g/mol. The van der Waals surface area contributed by atoms with Crippen molar-refractivity contribution in [3.8, 4) is 0 Å². The molecule has 0 radical (unpaired) electrons. The molecule has 1 unspecified atom stereocenters. The second-order valence-electron chi connectivity index (χ2n) is 6.85. The Morgan fingerprint density at radius 2 is 1.86 bits per heavy atom. The highest BCUT2D eigenvalue weighted by Crippen LogP contribution is 2.19. The summed E-state index contributed by atoms with van der Waals surface area (Å²) in [6.07, 6.45) is -0.721. The lowest BCUT2D eigenvalue weighted by Gasteiger charge is -2.28. The summed E-state index contributed by atoms with van der Waals surface area (Å²) in [7, 11) is 0. The third kappa shape index (κ3) is 4.07. The maximum atomic E-state index is 12.4. The summed E-state index contributed by atoms with van der Waals surface area (Å²) >= 11 is 0. The van der Waals surface area contributed by atoms with Crippen LogP contribution in [0.15, 0.2) is 30.3 Å². The van der Waals surface area contributed by atoms with Gasteiger partial charge < -0.3 is 14.9 Å². The van der Waals surface area contributed by atoms with Crippen LogP contribution >= 0.6 is 0 Å². The molecule has 120 valence electrons. The summed E-state index contributed by atoms with van der Waals surface area (Å²) in [5.41, 5.74) is 0.452. The van der Waals surface area contributed by atoms with Crippen molar-refractivity contribution >= 4 is 11.8 Å². The highest BCUT2D eigenvalue weighted by atomic mass is 16.3. The third-order valence-electron chi connectivity index (χ3n) is 3.69. The van der Waals surface area contributed by atoms with E-state index in [1.54, 1.807) is 4.90 Å². The van der Waals surface area contributed by atoms with Crippen LogP contribution in [0.25, 0.3) is 0 Å². The molecule has 1 aromatic carbocycles. The van der Waals surface area contributed by atoms with Crippen molar-refractivity contribution in [2.45, 2.75) is 33.4 Å². The first-order chi connectivity index (χ1) is 10.3. The van der Waals surface area contributed by atoms with E-state index in [-0.39, 0.29) is 31.4 Å². The van der Waals surface area contributed by atoms with Gasteiger partial charge in [0.25, 0.3) is 0 Å². The Balaban J connectivity index is 2.11. The Morgan fingerprint density at radius 1 is 1.23 bits per heavy atom. The van der Waals surface area contributed by atoms with Gasteiger partial charge in [-0.15, -0.1) is 0 Å². The lowest BCUT2D eigenvalue weighted by Crippen LogP contribution is -2.44. The molecule has 0 spiro atoms. The Labute approximate surface area is 131 Å². The molecule has 1 aliphatic rings. The predicted octanol–water partition coefficient (Wildman–Crippen LogP) is 1.26. The fourth-order valence-electron chi connectivity index (χ4n) is 2.58. The molecule has 0 aliphatic carbocycles. The molecule has 5 heteroatoms. The van der Waals surface area contributed by atoms with Gasteiger partial charge in [-0.1, -0.05) is 51.1 Å². The molecule has 0 saturated carbocycles. The molecule has 1 atom stereocenters. The van der Waals surface area contributed by atoms with Crippen LogP contribution in [0.2, 0.25) is 0 Å². The van der Waals surface area contributed by atoms with Crippen molar-refractivity contribution in [2.24, 2.45) is 5.41 Å². The van der Waals surface area contributed by atoms with E-state index in [0.29, 0.717) is 6.54 Å². The number of aliphatic hydroxyl groups is 1. The minimum atomic E-state index is -0.721. The van der Waals surface area contributed by atoms with Crippen molar-refractivity contribution in [1.29, 1.82) is 0 Å². The second kappa shape index (κ2) is 6.48. The molecule has 1 aliphatic heterocycles. The average Bonchev–Trinajstić information content (AvgIpc) is 2.57. The van der Waals surface area contributed by atoms with Crippen LogP contribution in [0, 0.1) is 5.41 Å². The minimum Gasteiger partial charge on any atom is -0.389 e. The zero-order valence-corrected chi connectivity index (χ0v) is 13.5. The number of hydrogen-bond acceptors (Lipinski definition) is 3. The van der Waals surface area contributed by atoms with E-state index in [0.717, 1.165) is 5.56 Å². The smallest absolute Gasteiger partial charge is 0.242 e. The van der Waals surface area contributed by atoms with E-state index in [1.807, 2.05) is 51.1 Å². The molecule has 22 heavy (non-hydrogen) atoms. The number of carbonyl (C=O) groups is 2. The summed E-state index contributed by atoms with van der Waals surface area (Å²) in [5, 5.41) is 10.2. The van der Waals surface area contributed by atoms with Gasteiger partial charge in [-0.3, -0.25) is 9.59 Å². The van der Waals surface area contributed by atoms with Crippen LogP contribution in [0.4, 0.5) is 0 Å². The fraction of sp³-hybridized carbons (Fsp3) is 0.529. The van der Waals surface area contributed by atoms with E-state index in [4.69, 9.17) is 0 Å². The standard InChI is InChI=1S/C17H24N2O3/c1-17(2,3)16(22)19-11-14(20)10-18(15(21)12-19)9-13-7-5-4-6-8-13/h4-8,14,20H,9-12H2,1-3H3. The number of carbonyl (C=O) groups excluding carboxylic acids is 2. The molecular weight excluding hydrogens is 280 g/mol. The quantitative estimate of drug-likeness (QED) is 0.895. The Kier molecular flexibility index (Phi) is 4.86. The SMILES string of the molecule is CC(C)(C)C(=O)N1CC(=O)N(Cc2ccccc2)CC(O)C1. The minimum absolute atomic E-state index is 0.0278. The Hall–Kier alpha value is -1.88. The predicted molar refractivity (Wildman–Crippen MR) is 83.9 cm³/mol. The van der Waals surface area contributed by atoms with Gasteiger partial charge in [0, 0.05) is 25.0 Å². The van der Waals surface area contributed by atoms with Crippen LogP contribution in [0.5, 0.6) is 0 Å². The summed E-state index contributed by atoms with van der Waals surface area (Å²) in [5.74, 6) is -0.237. The van der Waals surface area contributed by atoms with Crippen LogP contribution in [-0.4, -0.2) is 52.5 Å². The van der Waals surface area contributed by atoms with Crippen molar-refractivity contribution in [3.05, 3.63) is 35.9 Å². The Morgan fingerprint density at radius 3 is 2.45 bits per heavy atom. The lowest BCUT2D eigenvalue weighted by atomic mass is 9.94. The number of nitrogens with zero attached hydrogens (tertiary/aromatic N) is 2. The number of benzene rings is 1. The zero-order chi connectivity index (χ0) is 16.3. The molecule has 2 amide bonds. The number of rotatable bonds is 2. The summed E-state index contributed by atoms with van der Waals surface area (Å²) < 4.78 is 0. The number of hydrogen-bond donors (Lipinski definition) is 1. The number of aliphatic hydroxyl groups excluding tert-OH is 1. The van der Waals surface area contributed by atoms with E-state index >= 15 is 0 Å². The molecule has 5 nitrogen and oxygen atoms in total. The second-order valence-corrected chi connectivity index (χ2v) is 6.85. The number of amides is 2. The van der Waals surface area contributed by atoms with Crippen LogP contribution in [0.3, 0.4) is 0 Å². The average molecular weight is 304 g/mol. The van der Waals surface area contributed by atoms with Crippen molar-refractivity contribution in [2.75, 3.05) is 19.6 Å². The first kappa shape index (κ1) is 16.5. The fourth-order valence-corrected chi connectivity index (χ4v) is 2.58. The van der Waals surface area contributed by atoms with Gasteiger partial charge in [0.15, 0.2) is 0 Å². The summed E-state index contributed by atoms with van der Waals surface area (Å²) in [4.78, 5) is 27.9. The largest absolute Gasteiger partial charge is 0.389 e. The third-order valence-corrected chi connectivity index (χ3v) is 3.69. The normalized spacial score (nSPS) is 20.0. The number of β-amino-alcohol motifs (C(OH)–C–C–N with tert-alkyl or cyclic N) is 1. The lowest BCUT2D eigenvalue weighted by molar-refractivity contribution is -0.144. The first-order valence-corrected chi connectivity index (χ1v) is 7.56. The van der Waals surface area contributed by atoms with Crippen molar-refractivity contribution < 1.29 is 14.7 Å². The van der Waals surface area contributed by atoms with Gasteiger partial charge in [-0.2, -0.15) is 0 Å². The van der Waals surface area contributed by atoms with Gasteiger partial charge >= 0.3 is 0 Å². The maximum Gasteiger partial charge on any atom is 0.242 e. The van der Waals surface area contributed by atoms with Crippen LogP contribution in [-0.2, 0) is 16.1 Å². The molecule has 0 bridgehead atoms. The zero-order valence-electron chi connectivity index (χ0n) is 13.5. The van der Waals surface area contributed by atoms with Gasteiger partial charge in [0.05, 0.1) is 12.6 Å². The van der Waals surface area contributed by atoms with E-state index < -0.39 is 11.5 Å². The van der Waals surface area contributed by atoms with Crippen LogP contribution < -0.4 is 0 Å². The molecule has 1 N–H and O–H groups in total. The topological polar surface area (TPSA) is 60.9 Å². The Bertz CT molecular complexity index is 537. The summed E-state index contributed by atoms with van der Waals surface area (Å²) in [6.45, 7) is 6.39. The highest BCUT2D eigenvalue weighted by Gasteiger charge is 2.34. The molecule has 1 saturated heterocycles. The maximum absolute atomic E-state index is 12.4. The summed E-state index contributed by atoms with van der Waals surface area (Å²) in [6, 6.07) is 9.66. The molecule has 1 aromatic rings. The van der Waals surface area contributed by atoms with Crippen LogP contribution in [0.1, 0.15) is 26.3 Å². The molecule has 0 aromatic heterocycles. The van der Waals surface area contributed by atoms with Gasteiger partial charge in [-0.05, 0) is 5.56 Å². The first-order valence-electron chi connectivity index (χ1n) is 7.56. The van der Waals surface area contributed by atoms with Gasteiger partial charge in [0.2, 0.25) is 11.8 Å². The molecular formula is C17H24N2O3. The van der Waals surface area contributed by atoms with E-state index in [9.17, 15) is 14.7 Å². The highest BCUT2D eigenvalue weighted by molar-refractivity contribution is 5.87. The van der Waals surface area contributed by atoms with E-state index in [2.05, 4.69) is 0 Å². The van der Waals surface area contributed by atoms with Crippen molar-refractivity contribution in [1.82, 2.24) is 9.80 Å².